The number of benzene rings is 2. The molecule has 150 valence electrons. The van der Waals surface area contributed by atoms with Gasteiger partial charge in [0, 0.05) is 47.8 Å². The third-order valence-corrected chi connectivity index (χ3v) is 5.76. The number of anilines is 1. The van der Waals surface area contributed by atoms with Gasteiger partial charge in [0.1, 0.15) is 6.04 Å². The average Bonchev–Trinajstić information content (AvgIpc) is 2.73. The number of rotatable bonds is 4. The van der Waals surface area contributed by atoms with Crippen molar-refractivity contribution >= 4 is 45.8 Å². The molecule has 0 aliphatic carbocycles. The highest BCUT2D eigenvalue weighted by atomic mass is 35.5. The van der Waals surface area contributed by atoms with E-state index in [1.54, 1.807) is 13.0 Å². The summed E-state index contributed by atoms with van der Waals surface area (Å²) in [6.07, 6.45) is 0. The van der Waals surface area contributed by atoms with Crippen molar-refractivity contribution in [1.82, 2.24) is 14.9 Å². The number of halogens is 2. The molecule has 1 fully saturated rings. The van der Waals surface area contributed by atoms with Crippen molar-refractivity contribution < 1.29 is 9.90 Å². The van der Waals surface area contributed by atoms with E-state index in [-0.39, 0.29) is 5.28 Å². The Balaban J connectivity index is 1.56. The summed E-state index contributed by atoms with van der Waals surface area (Å²) < 4.78 is 0. The fraction of sp³-hybridized carbons (Fsp3) is 0.286. The minimum absolute atomic E-state index is 0.197. The second-order valence-corrected chi connectivity index (χ2v) is 7.86. The molecule has 0 saturated carbocycles. The number of carboxylic acid groups (broad SMARTS) is 1. The van der Waals surface area contributed by atoms with Gasteiger partial charge in [-0.1, -0.05) is 23.7 Å². The van der Waals surface area contributed by atoms with Gasteiger partial charge >= 0.3 is 5.97 Å². The number of carbonyl (C=O) groups is 1. The lowest BCUT2D eigenvalue weighted by Crippen LogP contribution is -2.51. The molecule has 0 amide bonds. The summed E-state index contributed by atoms with van der Waals surface area (Å²) in [5.74, 6) is -0.779. The van der Waals surface area contributed by atoms with Gasteiger partial charge in [0.05, 0.1) is 11.2 Å². The monoisotopic (exact) mass is 430 g/mol. The first-order chi connectivity index (χ1) is 13.9. The summed E-state index contributed by atoms with van der Waals surface area (Å²) >= 11 is 12.3. The zero-order chi connectivity index (χ0) is 20.5. The minimum Gasteiger partial charge on any atom is -0.480 e. The summed E-state index contributed by atoms with van der Waals surface area (Å²) in [7, 11) is 0. The van der Waals surface area contributed by atoms with Gasteiger partial charge in [0.15, 0.2) is 0 Å². The summed E-state index contributed by atoms with van der Waals surface area (Å²) in [4.78, 5) is 24.1. The van der Waals surface area contributed by atoms with Crippen molar-refractivity contribution in [2.45, 2.75) is 13.0 Å². The Labute approximate surface area is 178 Å². The SMILES string of the molecule is CC(C(=O)O)N1CCN(c2ccc(-c3nc(Cl)nc4ccc(Cl)cc34)cc2)CC1. The van der Waals surface area contributed by atoms with Crippen LogP contribution in [0.2, 0.25) is 10.3 Å². The molecule has 0 spiro atoms. The first-order valence-corrected chi connectivity index (χ1v) is 10.1. The zero-order valence-electron chi connectivity index (χ0n) is 15.8. The predicted octanol–water partition coefficient (Wildman–Crippen LogP) is 4.20. The van der Waals surface area contributed by atoms with E-state index in [1.165, 1.54) is 0 Å². The van der Waals surface area contributed by atoms with Crippen LogP contribution in [0.15, 0.2) is 42.5 Å². The Bertz CT molecular complexity index is 1050. The highest BCUT2D eigenvalue weighted by molar-refractivity contribution is 6.31. The topological polar surface area (TPSA) is 69.6 Å². The summed E-state index contributed by atoms with van der Waals surface area (Å²) in [6.45, 7) is 4.75. The first-order valence-electron chi connectivity index (χ1n) is 9.37. The number of piperazine rings is 1. The molecule has 0 radical (unpaired) electrons. The quantitative estimate of drug-likeness (QED) is 0.625. The van der Waals surface area contributed by atoms with E-state index in [9.17, 15) is 9.90 Å². The number of aliphatic carboxylic acids is 1. The van der Waals surface area contributed by atoms with Gasteiger partial charge in [-0.2, -0.15) is 0 Å². The second-order valence-electron chi connectivity index (χ2n) is 7.09. The van der Waals surface area contributed by atoms with E-state index in [0.717, 1.165) is 54.0 Å². The van der Waals surface area contributed by atoms with E-state index < -0.39 is 12.0 Å². The van der Waals surface area contributed by atoms with Gasteiger partial charge in [-0.3, -0.25) is 9.69 Å². The van der Waals surface area contributed by atoms with Gasteiger partial charge in [0.25, 0.3) is 0 Å². The molecule has 1 saturated heterocycles. The van der Waals surface area contributed by atoms with Crippen LogP contribution in [0, 0.1) is 0 Å². The van der Waals surface area contributed by atoms with E-state index in [0.29, 0.717) is 5.02 Å². The van der Waals surface area contributed by atoms with E-state index in [1.807, 2.05) is 29.2 Å². The molecular weight excluding hydrogens is 411 g/mol. The van der Waals surface area contributed by atoms with Crippen LogP contribution in [0.25, 0.3) is 22.2 Å². The maximum Gasteiger partial charge on any atom is 0.320 e. The third kappa shape index (κ3) is 4.15. The molecule has 3 aromatic rings. The number of fused-ring (bicyclic) bond motifs is 1. The molecule has 1 aromatic heterocycles. The summed E-state index contributed by atoms with van der Waals surface area (Å²) in [6, 6.07) is 13.1. The van der Waals surface area contributed by atoms with E-state index in [4.69, 9.17) is 23.2 Å². The standard InChI is InChI=1S/C21H20Cl2N4O2/c1-13(20(28)29)26-8-10-27(11-9-26)16-5-2-14(3-6-16)19-17-12-15(22)4-7-18(17)24-21(23)25-19/h2-7,12-13H,8-11H2,1H3,(H,28,29). The van der Waals surface area contributed by atoms with Crippen molar-refractivity contribution in [2.24, 2.45) is 0 Å². The van der Waals surface area contributed by atoms with Crippen LogP contribution in [-0.4, -0.2) is 58.2 Å². The Kier molecular flexibility index (Phi) is 5.58. The Morgan fingerprint density at radius 1 is 1.03 bits per heavy atom. The number of hydrogen-bond acceptors (Lipinski definition) is 5. The highest BCUT2D eigenvalue weighted by Gasteiger charge is 2.25. The molecule has 1 aliphatic rings. The second kappa shape index (κ2) is 8.14. The third-order valence-electron chi connectivity index (χ3n) is 5.36. The van der Waals surface area contributed by atoms with Gasteiger partial charge in [0.2, 0.25) is 5.28 Å². The maximum atomic E-state index is 11.2. The largest absolute Gasteiger partial charge is 0.480 e. The van der Waals surface area contributed by atoms with Gasteiger partial charge < -0.3 is 10.0 Å². The molecule has 8 heteroatoms. The van der Waals surface area contributed by atoms with Crippen molar-refractivity contribution in [3.63, 3.8) is 0 Å². The fourth-order valence-corrected chi connectivity index (χ4v) is 3.99. The fourth-order valence-electron chi connectivity index (χ4n) is 3.65. The van der Waals surface area contributed by atoms with Crippen molar-refractivity contribution in [3.8, 4) is 11.3 Å². The zero-order valence-corrected chi connectivity index (χ0v) is 17.4. The molecule has 0 bridgehead atoms. The maximum absolute atomic E-state index is 11.2. The van der Waals surface area contributed by atoms with Crippen LogP contribution in [0.3, 0.4) is 0 Å². The van der Waals surface area contributed by atoms with Gasteiger partial charge in [-0.15, -0.1) is 0 Å². The molecule has 1 N–H and O–H groups in total. The van der Waals surface area contributed by atoms with Crippen LogP contribution in [0.5, 0.6) is 0 Å². The predicted molar refractivity (Wildman–Crippen MR) is 116 cm³/mol. The number of aromatic nitrogens is 2. The highest BCUT2D eigenvalue weighted by Crippen LogP contribution is 2.31. The van der Waals surface area contributed by atoms with Crippen LogP contribution in [0.1, 0.15) is 6.92 Å². The lowest BCUT2D eigenvalue weighted by Gasteiger charge is -2.37. The summed E-state index contributed by atoms with van der Waals surface area (Å²) in [5, 5.41) is 10.9. The minimum atomic E-state index is -0.779. The Morgan fingerprint density at radius 2 is 1.72 bits per heavy atom. The average molecular weight is 431 g/mol. The van der Waals surface area contributed by atoms with E-state index >= 15 is 0 Å². The molecule has 29 heavy (non-hydrogen) atoms. The molecular formula is C21H20Cl2N4O2. The molecule has 6 nitrogen and oxygen atoms in total. The molecule has 1 aliphatic heterocycles. The van der Waals surface area contributed by atoms with Crippen LogP contribution in [0.4, 0.5) is 5.69 Å². The number of carboxylic acids is 1. The van der Waals surface area contributed by atoms with Crippen molar-refractivity contribution in [3.05, 3.63) is 52.8 Å². The first kappa shape index (κ1) is 19.9. The lowest BCUT2D eigenvalue weighted by atomic mass is 10.1. The van der Waals surface area contributed by atoms with Crippen molar-refractivity contribution in [2.75, 3.05) is 31.1 Å². The van der Waals surface area contributed by atoms with Gasteiger partial charge in [-0.25, -0.2) is 9.97 Å². The van der Waals surface area contributed by atoms with Gasteiger partial charge in [-0.05, 0) is 48.9 Å². The van der Waals surface area contributed by atoms with Crippen LogP contribution in [-0.2, 0) is 4.79 Å². The Hall–Kier alpha value is -2.41. The van der Waals surface area contributed by atoms with E-state index in [2.05, 4.69) is 27.0 Å². The Morgan fingerprint density at radius 3 is 2.38 bits per heavy atom. The van der Waals surface area contributed by atoms with Crippen LogP contribution < -0.4 is 4.90 Å². The van der Waals surface area contributed by atoms with Crippen LogP contribution >= 0.6 is 23.2 Å². The molecule has 1 unspecified atom stereocenters. The lowest BCUT2D eigenvalue weighted by molar-refractivity contribution is -0.142. The summed E-state index contributed by atoms with van der Waals surface area (Å²) in [5.41, 5.74) is 3.52. The molecule has 1 atom stereocenters. The number of hydrogen-bond donors (Lipinski definition) is 1. The molecule has 4 rings (SSSR count). The van der Waals surface area contributed by atoms with Crippen molar-refractivity contribution in [1.29, 1.82) is 0 Å². The normalized spacial score (nSPS) is 16.2. The molecule has 2 heterocycles. The smallest absolute Gasteiger partial charge is 0.320 e. The number of nitrogens with zero attached hydrogens (tertiary/aromatic N) is 4. The molecule has 2 aromatic carbocycles.